The number of aliphatic hydroxyl groups excluding tert-OH is 1. The molecule has 1 aliphatic heterocycles. The molecule has 1 saturated heterocycles. The molecular formula is C24H21ClN2O7. The first-order valence-electron chi connectivity index (χ1n) is 10.1. The van der Waals surface area contributed by atoms with Crippen LogP contribution < -0.4 is 19.1 Å². The van der Waals surface area contributed by atoms with Crippen molar-refractivity contribution in [2.45, 2.75) is 13.0 Å². The molecule has 1 aliphatic rings. The third kappa shape index (κ3) is 3.73. The molecule has 0 spiro atoms. The van der Waals surface area contributed by atoms with E-state index >= 15 is 0 Å². The maximum Gasteiger partial charge on any atom is 0.301 e. The number of hydrogen-bond donors (Lipinski definition) is 1. The average molecular weight is 485 g/mol. The highest BCUT2D eigenvalue weighted by molar-refractivity contribution is 6.51. The summed E-state index contributed by atoms with van der Waals surface area (Å²) in [6.07, 6.45) is 0. The van der Waals surface area contributed by atoms with E-state index in [9.17, 15) is 14.7 Å². The summed E-state index contributed by atoms with van der Waals surface area (Å²) in [6, 6.07) is 10.0. The molecule has 2 heterocycles. The number of amides is 1. The van der Waals surface area contributed by atoms with Gasteiger partial charge in [-0.2, -0.15) is 0 Å². The van der Waals surface area contributed by atoms with Crippen LogP contribution in [0.15, 0.2) is 52.6 Å². The lowest BCUT2D eigenvalue weighted by molar-refractivity contribution is -0.132. The lowest BCUT2D eigenvalue weighted by Crippen LogP contribution is -2.30. The van der Waals surface area contributed by atoms with Crippen molar-refractivity contribution < 1.29 is 33.4 Å². The van der Waals surface area contributed by atoms with E-state index < -0.39 is 23.5 Å². The van der Waals surface area contributed by atoms with E-state index in [0.29, 0.717) is 28.6 Å². The summed E-state index contributed by atoms with van der Waals surface area (Å²) >= 11 is 6.23. The zero-order valence-corrected chi connectivity index (χ0v) is 19.5. The maximum absolute atomic E-state index is 13.3. The van der Waals surface area contributed by atoms with Crippen molar-refractivity contribution in [1.82, 2.24) is 5.16 Å². The van der Waals surface area contributed by atoms with E-state index in [0.717, 1.165) is 4.90 Å². The molecule has 0 unspecified atom stereocenters. The molecular weight excluding hydrogens is 464 g/mol. The fourth-order valence-electron chi connectivity index (χ4n) is 3.93. The number of benzene rings is 2. The minimum absolute atomic E-state index is 0.112. The Kier molecular flexibility index (Phi) is 6.21. The van der Waals surface area contributed by atoms with Crippen LogP contribution in [-0.2, 0) is 9.59 Å². The predicted molar refractivity (Wildman–Crippen MR) is 124 cm³/mol. The van der Waals surface area contributed by atoms with Gasteiger partial charge in [0.25, 0.3) is 5.78 Å². The molecule has 3 aromatic rings. The molecule has 0 saturated carbocycles. The van der Waals surface area contributed by atoms with Crippen molar-refractivity contribution in [3.63, 3.8) is 0 Å². The normalized spacial score (nSPS) is 17.2. The van der Waals surface area contributed by atoms with E-state index in [1.165, 1.54) is 39.5 Å². The van der Waals surface area contributed by atoms with E-state index in [1.807, 2.05) is 0 Å². The lowest BCUT2D eigenvalue weighted by Gasteiger charge is -2.25. The Morgan fingerprint density at radius 1 is 1.06 bits per heavy atom. The van der Waals surface area contributed by atoms with Crippen LogP contribution in [0, 0.1) is 6.92 Å². The molecule has 9 nitrogen and oxygen atoms in total. The molecule has 0 radical (unpaired) electrons. The highest BCUT2D eigenvalue weighted by Gasteiger charge is 2.49. The van der Waals surface area contributed by atoms with Crippen molar-refractivity contribution in [2.24, 2.45) is 0 Å². The van der Waals surface area contributed by atoms with Crippen molar-refractivity contribution in [3.05, 3.63) is 69.9 Å². The van der Waals surface area contributed by atoms with Gasteiger partial charge >= 0.3 is 5.91 Å². The quantitative estimate of drug-likeness (QED) is 0.313. The molecule has 2 aromatic carbocycles. The second kappa shape index (κ2) is 9.11. The second-order valence-corrected chi connectivity index (χ2v) is 7.80. The molecule has 0 bridgehead atoms. The number of hydrogen-bond acceptors (Lipinski definition) is 8. The molecule has 176 valence electrons. The predicted octanol–water partition coefficient (Wildman–Crippen LogP) is 4.29. The van der Waals surface area contributed by atoms with Crippen LogP contribution in [0.2, 0.25) is 5.02 Å². The van der Waals surface area contributed by atoms with Gasteiger partial charge < -0.3 is 23.8 Å². The molecule has 0 aliphatic carbocycles. The van der Waals surface area contributed by atoms with Crippen molar-refractivity contribution >= 4 is 34.9 Å². The molecule has 1 amide bonds. The van der Waals surface area contributed by atoms with Gasteiger partial charge in [0.2, 0.25) is 0 Å². The number of methoxy groups -OCH3 is 3. The van der Waals surface area contributed by atoms with Gasteiger partial charge in [0.15, 0.2) is 17.3 Å². The number of carbonyl (C=O) groups excluding carboxylic acids is 2. The zero-order valence-electron chi connectivity index (χ0n) is 18.8. The molecule has 4 rings (SSSR count). The standard InChI is InChI=1S/C24H21ClN2O7/c1-12-10-18(26-34-12)27-20(14-6-5-7-17(32-3)23(14)33-4)19(22(29)24(27)30)21(28)13-8-9-16(31-2)15(25)11-13/h5-11,20,28H,1-4H3/b21-19+/t20-/m1/s1. The molecule has 10 heteroatoms. The van der Waals surface area contributed by atoms with E-state index in [2.05, 4.69) is 5.16 Å². The third-order valence-corrected chi connectivity index (χ3v) is 5.76. The smallest absolute Gasteiger partial charge is 0.301 e. The number of anilines is 1. The number of aromatic nitrogens is 1. The van der Waals surface area contributed by atoms with Crippen LogP contribution in [-0.4, -0.2) is 43.3 Å². The van der Waals surface area contributed by atoms with Gasteiger partial charge in [-0.25, -0.2) is 0 Å². The minimum atomic E-state index is -1.09. The number of carbonyl (C=O) groups is 2. The SMILES string of the molecule is COc1ccc(/C(O)=C2\C(=O)C(=O)N(c3cc(C)on3)[C@@H]2c2cccc(OC)c2OC)cc1Cl. The van der Waals surface area contributed by atoms with Crippen LogP contribution in [0.25, 0.3) is 5.76 Å². The number of para-hydroxylation sites is 1. The molecule has 1 N–H and O–H groups in total. The summed E-state index contributed by atoms with van der Waals surface area (Å²) in [6.45, 7) is 1.66. The first-order valence-corrected chi connectivity index (χ1v) is 10.5. The third-order valence-electron chi connectivity index (χ3n) is 5.46. The van der Waals surface area contributed by atoms with Gasteiger partial charge in [-0.1, -0.05) is 28.9 Å². The zero-order chi connectivity index (χ0) is 24.6. The number of aryl methyl sites for hydroxylation is 1. The number of halogens is 1. The van der Waals surface area contributed by atoms with Crippen LogP contribution >= 0.6 is 11.6 Å². The second-order valence-electron chi connectivity index (χ2n) is 7.40. The average Bonchev–Trinajstić information content (AvgIpc) is 3.38. The largest absolute Gasteiger partial charge is 0.507 e. The summed E-state index contributed by atoms with van der Waals surface area (Å²) in [5.74, 6) is -0.584. The highest BCUT2D eigenvalue weighted by Crippen LogP contribution is 2.47. The monoisotopic (exact) mass is 484 g/mol. The maximum atomic E-state index is 13.3. The Morgan fingerprint density at radius 3 is 2.38 bits per heavy atom. The summed E-state index contributed by atoms with van der Waals surface area (Å²) in [7, 11) is 4.37. The lowest BCUT2D eigenvalue weighted by atomic mass is 9.94. The van der Waals surface area contributed by atoms with Gasteiger partial charge in [0.1, 0.15) is 23.3 Å². The van der Waals surface area contributed by atoms with Crippen molar-refractivity contribution in [3.8, 4) is 17.2 Å². The Hall–Kier alpha value is -3.98. The van der Waals surface area contributed by atoms with Gasteiger partial charge in [-0.3, -0.25) is 14.5 Å². The molecule has 34 heavy (non-hydrogen) atoms. The van der Waals surface area contributed by atoms with E-state index in [1.54, 1.807) is 31.2 Å². The number of rotatable bonds is 6. The fourth-order valence-corrected chi connectivity index (χ4v) is 4.18. The van der Waals surface area contributed by atoms with Crippen molar-refractivity contribution in [2.75, 3.05) is 26.2 Å². The molecule has 1 fully saturated rings. The summed E-state index contributed by atoms with van der Waals surface area (Å²) < 4.78 is 21.3. The van der Waals surface area contributed by atoms with Crippen molar-refractivity contribution in [1.29, 1.82) is 0 Å². The first kappa shape index (κ1) is 23.2. The van der Waals surface area contributed by atoms with Gasteiger partial charge in [0, 0.05) is 17.2 Å². The van der Waals surface area contributed by atoms with Gasteiger partial charge in [-0.05, 0) is 31.2 Å². The Balaban J connectivity index is 2.00. The van der Waals surface area contributed by atoms with E-state index in [4.69, 9.17) is 30.3 Å². The summed E-state index contributed by atoms with van der Waals surface area (Å²) in [5, 5.41) is 15.4. The summed E-state index contributed by atoms with van der Waals surface area (Å²) in [5.41, 5.74) is 0.466. The van der Waals surface area contributed by atoms with E-state index in [-0.39, 0.29) is 22.0 Å². The first-order chi connectivity index (χ1) is 16.3. The van der Waals surface area contributed by atoms with Gasteiger partial charge in [0.05, 0.1) is 31.9 Å². The van der Waals surface area contributed by atoms with Crippen LogP contribution in [0.1, 0.15) is 22.9 Å². The number of nitrogens with zero attached hydrogens (tertiary/aromatic N) is 2. The topological polar surface area (TPSA) is 111 Å². The Labute approximate surface area is 200 Å². The Morgan fingerprint density at radius 2 is 1.79 bits per heavy atom. The highest BCUT2D eigenvalue weighted by atomic mass is 35.5. The summed E-state index contributed by atoms with van der Waals surface area (Å²) in [4.78, 5) is 27.6. The number of aliphatic hydroxyl groups is 1. The number of ketones is 1. The van der Waals surface area contributed by atoms with Crippen LogP contribution in [0.5, 0.6) is 17.2 Å². The minimum Gasteiger partial charge on any atom is -0.507 e. The number of ether oxygens (including phenoxy) is 3. The van der Waals surface area contributed by atoms with Crippen LogP contribution in [0.4, 0.5) is 5.82 Å². The fraction of sp³-hybridized carbons (Fsp3) is 0.208. The van der Waals surface area contributed by atoms with Crippen LogP contribution in [0.3, 0.4) is 0 Å². The van der Waals surface area contributed by atoms with Gasteiger partial charge in [-0.15, -0.1) is 0 Å². The molecule has 1 atom stereocenters. The molecule has 1 aromatic heterocycles. The Bertz CT molecular complexity index is 1310. The number of Topliss-reactive ketones (excluding diaryl/α,β-unsaturated/α-hetero) is 1.